The van der Waals surface area contributed by atoms with E-state index in [4.69, 9.17) is 4.74 Å². The zero-order valence-corrected chi connectivity index (χ0v) is 16.9. The highest BCUT2D eigenvalue weighted by molar-refractivity contribution is 6.15. The van der Waals surface area contributed by atoms with Gasteiger partial charge in [-0.25, -0.2) is 9.59 Å². The van der Waals surface area contributed by atoms with Crippen LogP contribution in [0.15, 0.2) is 42.5 Å². The van der Waals surface area contributed by atoms with E-state index in [9.17, 15) is 19.2 Å². The Labute approximate surface area is 169 Å². The summed E-state index contributed by atoms with van der Waals surface area (Å²) in [7, 11) is 0. The van der Waals surface area contributed by atoms with Crippen molar-refractivity contribution in [1.82, 2.24) is 10.6 Å². The van der Waals surface area contributed by atoms with E-state index in [0.717, 1.165) is 11.1 Å². The lowest BCUT2D eigenvalue weighted by Gasteiger charge is -2.12. The lowest BCUT2D eigenvalue weighted by atomic mass is 9.94. The number of ether oxygens (including phenoxy) is 1. The summed E-state index contributed by atoms with van der Waals surface area (Å²) < 4.78 is 4.99. The highest BCUT2D eigenvalue weighted by atomic mass is 16.5. The molecular weight excluding hydrogens is 372 g/mol. The Kier molecular flexibility index (Phi) is 7.25. The minimum absolute atomic E-state index is 0.0536. The number of urea groups is 1. The van der Waals surface area contributed by atoms with E-state index in [1.54, 1.807) is 32.0 Å². The van der Waals surface area contributed by atoms with E-state index in [2.05, 4.69) is 10.6 Å². The average molecular weight is 396 g/mol. The Hall–Kier alpha value is -3.48. The fraction of sp³-hybridized carbons (Fsp3) is 0.273. The Balaban J connectivity index is 2.13. The van der Waals surface area contributed by atoms with Crippen LogP contribution >= 0.6 is 0 Å². The van der Waals surface area contributed by atoms with Crippen molar-refractivity contribution in [2.45, 2.75) is 33.7 Å². The molecule has 0 aliphatic heterocycles. The number of rotatable bonds is 6. The number of aryl methyl sites for hydroxylation is 2. The smallest absolute Gasteiger partial charge is 0.339 e. The lowest BCUT2D eigenvalue weighted by Crippen LogP contribution is -2.44. The summed E-state index contributed by atoms with van der Waals surface area (Å²) in [6, 6.07) is 10.9. The molecule has 152 valence electrons. The number of hydrogen-bond donors (Lipinski definition) is 2. The number of nitrogens with one attached hydrogen (secondary N) is 2. The van der Waals surface area contributed by atoms with Gasteiger partial charge in [-0.2, -0.15) is 0 Å². The van der Waals surface area contributed by atoms with E-state index in [-0.39, 0.29) is 23.0 Å². The number of ketones is 1. The van der Waals surface area contributed by atoms with Gasteiger partial charge in [0.25, 0.3) is 5.91 Å². The maximum atomic E-state index is 13.0. The van der Waals surface area contributed by atoms with Crippen LogP contribution in [-0.4, -0.2) is 36.3 Å². The van der Waals surface area contributed by atoms with Gasteiger partial charge in [0.2, 0.25) is 0 Å². The molecule has 0 heterocycles. The molecule has 0 radical (unpaired) electrons. The predicted molar refractivity (Wildman–Crippen MR) is 108 cm³/mol. The van der Waals surface area contributed by atoms with Crippen LogP contribution in [0.4, 0.5) is 4.79 Å². The summed E-state index contributed by atoms with van der Waals surface area (Å²) in [5, 5.41) is 4.55. The second kappa shape index (κ2) is 9.64. The van der Waals surface area contributed by atoms with Gasteiger partial charge in [0, 0.05) is 17.2 Å². The maximum absolute atomic E-state index is 13.0. The molecule has 0 aliphatic carbocycles. The first-order valence-corrected chi connectivity index (χ1v) is 9.17. The van der Waals surface area contributed by atoms with Crippen molar-refractivity contribution in [2.75, 3.05) is 6.61 Å². The van der Waals surface area contributed by atoms with Crippen LogP contribution in [0, 0.1) is 13.8 Å². The van der Waals surface area contributed by atoms with Gasteiger partial charge in [0.1, 0.15) is 0 Å². The molecule has 0 aromatic heterocycles. The summed E-state index contributed by atoms with van der Waals surface area (Å²) in [4.78, 5) is 48.7. The van der Waals surface area contributed by atoms with Gasteiger partial charge in [0.15, 0.2) is 12.4 Å². The van der Waals surface area contributed by atoms with Gasteiger partial charge in [0.05, 0.1) is 5.56 Å². The fourth-order valence-electron chi connectivity index (χ4n) is 2.65. The van der Waals surface area contributed by atoms with E-state index >= 15 is 0 Å². The zero-order valence-electron chi connectivity index (χ0n) is 16.9. The molecule has 0 fully saturated rings. The standard InChI is InChI=1S/C22H24N2O5/c1-13(2)23-22(28)24-19(25)12-29-21(27)17-8-6-5-7-16(17)20(26)18-11-14(3)9-10-15(18)4/h5-11,13H,12H2,1-4H3,(H2,23,24,25,28). The van der Waals surface area contributed by atoms with Crippen LogP contribution < -0.4 is 10.6 Å². The van der Waals surface area contributed by atoms with E-state index in [1.807, 2.05) is 26.0 Å². The minimum Gasteiger partial charge on any atom is -0.452 e. The first-order chi connectivity index (χ1) is 13.7. The van der Waals surface area contributed by atoms with Crippen LogP contribution in [0.3, 0.4) is 0 Å². The number of esters is 1. The number of carbonyl (C=O) groups is 4. The Morgan fingerprint density at radius 2 is 1.59 bits per heavy atom. The molecule has 0 saturated carbocycles. The van der Waals surface area contributed by atoms with Crippen molar-refractivity contribution in [2.24, 2.45) is 0 Å². The molecule has 3 amide bonds. The maximum Gasteiger partial charge on any atom is 0.339 e. The van der Waals surface area contributed by atoms with Crippen molar-refractivity contribution in [1.29, 1.82) is 0 Å². The molecule has 0 saturated heterocycles. The zero-order chi connectivity index (χ0) is 21.6. The van der Waals surface area contributed by atoms with Gasteiger partial charge < -0.3 is 10.1 Å². The molecule has 0 bridgehead atoms. The monoisotopic (exact) mass is 396 g/mol. The highest BCUT2D eigenvalue weighted by Gasteiger charge is 2.21. The van der Waals surface area contributed by atoms with Crippen molar-refractivity contribution < 1.29 is 23.9 Å². The number of imide groups is 1. The van der Waals surface area contributed by atoms with E-state index in [0.29, 0.717) is 5.56 Å². The first-order valence-electron chi connectivity index (χ1n) is 9.17. The molecule has 0 aliphatic rings. The first kappa shape index (κ1) is 21.8. The van der Waals surface area contributed by atoms with Crippen LogP contribution in [0.2, 0.25) is 0 Å². The molecule has 2 rings (SSSR count). The molecule has 2 N–H and O–H groups in total. The van der Waals surface area contributed by atoms with Gasteiger partial charge in [-0.05, 0) is 45.4 Å². The van der Waals surface area contributed by atoms with Gasteiger partial charge in [-0.15, -0.1) is 0 Å². The predicted octanol–water partition coefficient (Wildman–Crippen LogP) is 2.93. The normalized spacial score (nSPS) is 10.4. The van der Waals surface area contributed by atoms with Crippen LogP contribution in [0.1, 0.15) is 51.3 Å². The third kappa shape index (κ3) is 6.00. The van der Waals surface area contributed by atoms with Crippen molar-refractivity contribution in [3.05, 3.63) is 70.3 Å². The van der Waals surface area contributed by atoms with Gasteiger partial charge in [-0.1, -0.05) is 35.9 Å². The second-order valence-electron chi connectivity index (χ2n) is 6.95. The van der Waals surface area contributed by atoms with Gasteiger partial charge in [-0.3, -0.25) is 14.9 Å². The van der Waals surface area contributed by atoms with Crippen molar-refractivity contribution in [3.8, 4) is 0 Å². The summed E-state index contributed by atoms with van der Waals surface area (Å²) >= 11 is 0. The summed E-state index contributed by atoms with van der Waals surface area (Å²) in [5.74, 6) is -1.90. The van der Waals surface area contributed by atoms with Crippen LogP contribution in [0.25, 0.3) is 0 Å². The number of benzene rings is 2. The fourth-order valence-corrected chi connectivity index (χ4v) is 2.65. The Morgan fingerprint density at radius 3 is 2.24 bits per heavy atom. The van der Waals surface area contributed by atoms with Crippen molar-refractivity contribution >= 4 is 23.7 Å². The van der Waals surface area contributed by atoms with Gasteiger partial charge >= 0.3 is 12.0 Å². The molecular formula is C22H24N2O5. The molecule has 0 spiro atoms. The Bertz CT molecular complexity index is 950. The minimum atomic E-state index is -0.821. The second-order valence-corrected chi connectivity index (χ2v) is 6.95. The van der Waals surface area contributed by atoms with Crippen LogP contribution in [-0.2, 0) is 9.53 Å². The van der Waals surface area contributed by atoms with Crippen LogP contribution in [0.5, 0.6) is 0 Å². The SMILES string of the molecule is Cc1ccc(C)c(C(=O)c2ccccc2C(=O)OCC(=O)NC(=O)NC(C)C)c1. The molecule has 0 unspecified atom stereocenters. The number of carbonyl (C=O) groups excluding carboxylic acids is 4. The Morgan fingerprint density at radius 1 is 0.931 bits per heavy atom. The third-order valence-corrected chi connectivity index (χ3v) is 4.04. The highest BCUT2D eigenvalue weighted by Crippen LogP contribution is 2.19. The topological polar surface area (TPSA) is 102 Å². The summed E-state index contributed by atoms with van der Waals surface area (Å²) in [5.41, 5.74) is 2.45. The molecule has 7 nitrogen and oxygen atoms in total. The molecule has 2 aromatic carbocycles. The molecule has 29 heavy (non-hydrogen) atoms. The van der Waals surface area contributed by atoms with E-state index < -0.39 is 24.5 Å². The number of amides is 3. The van der Waals surface area contributed by atoms with E-state index in [1.165, 1.54) is 12.1 Å². The number of hydrogen-bond acceptors (Lipinski definition) is 5. The molecule has 0 atom stereocenters. The molecule has 7 heteroatoms. The quantitative estimate of drug-likeness (QED) is 0.577. The third-order valence-electron chi connectivity index (χ3n) is 4.04. The summed E-state index contributed by atoms with van der Waals surface area (Å²) in [6.45, 7) is 6.54. The average Bonchev–Trinajstić information content (AvgIpc) is 2.66. The summed E-state index contributed by atoms with van der Waals surface area (Å²) in [6.07, 6.45) is 0. The lowest BCUT2D eigenvalue weighted by molar-refractivity contribution is -0.123. The largest absolute Gasteiger partial charge is 0.452 e. The van der Waals surface area contributed by atoms with Crippen molar-refractivity contribution in [3.63, 3.8) is 0 Å². The molecule has 2 aromatic rings.